The van der Waals surface area contributed by atoms with Gasteiger partial charge in [-0.05, 0) is 23.9 Å². The first kappa shape index (κ1) is 17.1. The fourth-order valence-electron chi connectivity index (χ4n) is 2.52. The van der Waals surface area contributed by atoms with Crippen molar-refractivity contribution < 1.29 is 24.2 Å². The number of rotatable bonds is 7. The summed E-state index contributed by atoms with van der Waals surface area (Å²) < 4.78 is 11.5. The van der Waals surface area contributed by atoms with Gasteiger partial charge in [0, 0.05) is 22.1 Å². The van der Waals surface area contributed by atoms with Crippen LogP contribution in [0.3, 0.4) is 0 Å². The van der Waals surface area contributed by atoms with Gasteiger partial charge < -0.3 is 20.3 Å². The van der Waals surface area contributed by atoms with Crippen molar-refractivity contribution in [2.45, 2.75) is 19.8 Å². The lowest BCUT2D eigenvalue weighted by Gasteiger charge is -2.23. The summed E-state index contributed by atoms with van der Waals surface area (Å²) in [5, 5.41) is 10.4. The van der Waals surface area contributed by atoms with Gasteiger partial charge >= 0.3 is 5.97 Å². The minimum atomic E-state index is -1.59. The third kappa shape index (κ3) is 2.96. The van der Waals surface area contributed by atoms with E-state index in [0.29, 0.717) is 11.5 Å². The van der Waals surface area contributed by atoms with E-state index in [1.165, 1.54) is 11.3 Å². The molecule has 6 nitrogen and oxygen atoms in total. The summed E-state index contributed by atoms with van der Waals surface area (Å²) in [6.07, 6.45) is 0.205. The number of benzene rings is 1. The van der Waals surface area contributed by atoms with E-state index in [-0.39, 0.29) is 12.8 Å². The normalized spacial score (nSPS) is 13.5. The number of hydrogen-bond donors (Lipinski definition) is 2. The molecule has 7 heteroatoms. The Bertz CT molecular complexity index is 697. The Kier molecular flexibility index (Phi) is 4.79. The van der Waals surface area contributed by atoms with E-state index in [4.69, 9.17) is 15.2 Å². The second-order valence-corrected chi connectivity index (χ2v) is 6.41. The molecule has 0 saturated carbocycles. The van der Waals surface area contributed by atoms with Crippen LogP contribution in [0.25, 0.3) is 10.1 Å². The maximum atomic E-state index is 11.7. The lowest BCUT2D eigenvalue weighted by atomic mass is 9.80. The fraction of sp³-hybridized carbons (Fsp3) is 0.375. The third-order valence-corrected chi connectivity index (χ3v) is 5.13. The van der Waals surface area contributed by atoms with E-state index in [0.717, 1.165) is 15.0 Å². The number of carboxylic acid groups (broad SMARTS) is 1. The van der Waals surface area contributed by atoms with Crippen LogP contribution in [0.1, 0.15) is 18.2 Å². The van der Waals surface area contributed by atoms with E-state index < -0.39 is 17.3 Å². The van der Waals surface area contributed by atoms with Gasteiger partial charge in [-0.2, -0.15) is 0 Å². The highest BCUT2D eigenvalue weighted by Crippen LogP contribution is 2.39. The third-order valence-electron chi connectivity index (χ3n) is 4.03. The maximum Gasteiger partial charge on any atom is 0.319 e. The van der Waals surface area contributed by atoms with Crippen LogP contribution in [-0.2, 0) is 16.0 Å². The molecule has 2 rings (SSSR count). The zero-order chi connectivity index (χ0) is 17.2. The molecule has 3 N–H and O–H groups in total. The van der Waals surface area contributed by atoms with Crippen molar-refractivity contribution in [3.63, 3.8) is 0 Å². The smallest absolute Gasteiger partial charge is 0.319 e. The topological polar surface area (TPSA) is 98.9 Å². The Morgan fingerprint density at radius 3 is 2.30 bits per heavy atom. The standard InChI is InChI=1S/C16H19NO5S/c1-4-16(14(17)18,15(19)20)8-10-5-9-6-11(21-2)12(22-3)7-13(9)23-10/h5-7H,4,8H2,1-3H3,(H2,17,18)(H,19,20). The molecule has 1 heterocycles. The predicted molar refractivity (Wildman–Crippen MR) is 88.2 cm³/mol. The number of primary amides is 1. The molecule has 0 aliphatic rings. The molecule has 1 aromatic heterocycles. The number of nitrogens with two attached hydrogens (primary N) is 1. The average molecular weight is 337 g/mol. The first-order valence-corrected chi connectivity index (χ1v) is 7.87. The molecule has 0 bridgehead atoms. The summed E-state index contributed by atoms with van der Waals surface area (Å²) in [7, 11) is 3.11. The van der Waals surface area contributed by atoms with Crippen LogP contribution in [0.15, 0.2) is 18.2 Å². The summed E-state index contributed by atoms with van der Waals surface area (Å²) in [5.74, 6) is -0.817. The summed E-state index contributed by atoms with van der Waals surface area (Å²) >= 11 is 1.42. The Hall–Kier alpha value is -2.28. The van der Waals surface area contributed by atoms with Crippen molar-refractivity contribution >= 4 is 33.3 Å². The molecule has 0 saturated heterocycles. The minimum Gasteiger partial charge on any atom is -0.493 e. The Balaban J connectivity index is 2.48. The van der Waals surface area contributed by atoms with E-state index in [9.17, 15) is 14.7 Å². The molecular formula is C16H19NO5S. The molecule has 23 heavy (non-hydrogen) atoms. The molecular weight excluding hydrogens is 318 g/mol. The van der Waals surface area contributed by atoms with Gasteiger partial charge in [0.1, 0.15) is 0 Å². The van der Waals surface area contributed by atoms with Gasteiger partial charge in [-0.3, -0.25) is 9.59 Å². The van der Waals surface area contributed by atoms with Crippen LogP contribution in [-0.4, -0.2) is 31.2 Å². The molecule has 1 amide bonds. The minimum absolute atomic E-state index is 0.0676. The van der Waals surface area contributed by atoms with Crippen molar-refractivity contribution in [1.82, 2.24) is 0 Å². The van der Waals surface area contributed by atoms with Crippen molar-refractivity contribution in [3.8, 4) is 11.5 Å². The first-order valence-electron chi connectivity index (χ1n) is 7.05. The highest BCUT2D eigenvalue weighted by Gasteiger charge is 2.43. The van der Waals surface area contributed by atoms with Crippen LogP contribution in [0.2, 0.25) is 0 Å². The van der Waals surface area contributed by atoms with Crippen LogP contribution < -0.4 is 15.2 Å². The Morgan fingerprint density at radius 2 is 1.83 bits per heavy atom. The van der Waals surface area contributed by atoms with E-state index >= 15 is 0 Å². The van der Waals surface area contributed by atoms with Crippen LogP contribution in [0, 0.1) is 5.41 Å². The monoisotopic (exact) mass is 337 g/mol. The summed E-state index contributed by atoms with van der Waals surface area (Å²) in [6.45, 7) is 1.65. The zero-order valence-electron chi connectivity index (χ0n) is 13.2. The maximum absolute atomic E-state index is 11.7. The molecule has 0 aliphatic carbocycles. The molecule has 0 radical (unpaired) electrons. The summed E-state index contributed by atoms with van der Waals surface area (Å²) in [5.41, 5.74) is 3.77. The van der Waals surface area contributed by atoms with Crippen molar-refractivity contribution in [2.24, 2.45) is 11.1 Å². The number of aliphatic carboxylic acids is 1. The summed E-state index contributed by atoms with van der Waals surface area (Å²) in [4.78, 5) is 24.1. The van der Waals surface area contributed by atoms with Gasteiger partial charge in [0.15, 0.2) is 16.9 Å². The summed E-state index contributed by atoms with van der Waals surface area (Å²) in [6, 6.07) is 5.52. The van der Waals surface area contributed by atoms with Gasteiger partial charge in [0.05, 0.1) is 14.2 Å². The molecule has 124 valence electrons. The number of thiophene rings is 1. The van der Waals surface area contributed by atoms with Crippen molar-refractivity contribution in [1.29, 1.82) is 0 Å². The highest BCUT2D eigenvalue weighted by molar-refractivity contribution is 7.19. The molecule has 0 spiro atoms. The van der Waals surface area contributed by atoms with E-state index in [1.54, 1.807) is 21.1 Å². The lowest BCUT2D eigenvalue weighted by Crippen LogP contribution is -2.45. The predicted octanol–water partition coefficient (Wildman–Crippen LogP) is 2.43. The number of amides is 1. The molecule has 0 aliphatic heterocycles. The zero-order valence-corrected chi connectivity index (χ0v) is 14.0. The van der Waals surface area contributed by atoms with Crippen LogP contribution in [0.4, 0.5) is 0 Å². The molecule has 0 fully saturated rings. The number of fused-ring (bicyclic) bond motifs is 1. The van der Waals surface area contributed by atoms with Crippen LogP contribution >= 0.6 is 11.3 Å². The molecule has 2 aromatic rings. The van der Waals surface area contributed by atoms with Gasteiger partial charge in [0.25, 0.3) is 0 Å². The van der Waals surface area contributed by atoms with Gasteiger partial charge in [-0.1, -0.05) is 6.92 Å². The SMILES string of the molecule is CCC(Cc1cc2cc(OC)c(OC)cc2s1)(C(N)=O)C(=O)O. The second kappa shape index (κ2) is 6.45. The van der Waals surface area contributed by atoms with Gasteiger partial charge in [-0.25, -0.2) is 0 Å². The second-order valence-electron chi connectivity index (χ2n) is 5.24. The van der Waals surface area contributed by atoms with E-state index in [2.05, 4.69) is 0 Å². The first-order chi connectivity index (χ1) is 10.9. The number of carbonyl (C=O) groups is 2. The lowest BCUT2D eigenvalue weighted by molar-refractivity contribution is -0.154. The largest absolute Gasteiger partial charge is 0.493 e. The number of hydrogen-bond acceptors (Lipinski definition) is 5. The number of methoxy groups -OCH3 is 2. The molecule has 1 atom stereocenters. The Morgan fingerprint density at radius 1 is 1.22 bits per heavy atom. The number of carbonyl (C=O) groups excluding carboxylic acids is 1. The van der Waals surface area contributed by atoms with E-state index in [1.807, 2.05) is 18.2 Å². The fourth-order valence-corrected chi connectivity index (χ4v) is 3.71. The quantitative estimate of drug-likeness (QED) is 0.756. The molecule has 1 unspecified atom stereocenters. The molecule has 1 aromatic carbocycles. The van der Waals surface area contributed by atoms with Gasteiger partial charge in [0.2, 0.25) is 5.91 Å². The number of carboxylic acids is 1. The average Bonchev–Trinajstić information content (AvgIpc) is 2.91. The van der Waals surface area contributed by atoms with Gasteiger partial charge in [-0.15, -0.1) is 11.3 Å². The van der Waals surface area contributed by atoms with Crippen molar-refractivity contribution in [3.05, 3.63) is 23.1 Å². The van der Waals surface area contributed by atoms with Crippen molar-refractivity contribution in [2.75, 3.05) is 14.2 Å². The number of ether oxygens (including phenoxy) is 2. The highest BCUT2D eigenvalue weighted by atomic mass is 32.1. The Labute approximate surface area is 137 Å². The van der Waals surface area contributed by atoms with Crippen LogP contribution in [0.5, 0.6) is 11.5 Å².